The zero-order chi connectivity index (χ0) is 21.2. The molecule has 7 heteroatoms. The van der Waals surface area contributed by atoms with Gasteiger partial charge < -0.3 is 14.2 Å². The van der Waals surface area contributed by atoms with Crippen LogP contribution >= 0.6 is 0 Å². The van der Waals surface area contributed by atoms with E-state index in [2.05, 4.69) is 9.80 Å². The molecule has 8 atom stereocenters. The van der Waals surface area contributed by atoms with Crippen molar-refractivity contribution in [2.75, 3.05) is 13.1 Å². The molecule has 0 aromatic heterocycles. The van der Waals surface area contributed by atoms with Crippen molar-refractivity contribution in [1.82, 2.24) is 9.80 Å². The van der Waals surface area contributed by atoms with E-state index in [0.717, 1.165) is 63.6 Å². The molecule has 9 rings (SSSR count). The maximum atomic E-state index is 12.3. The topological polar surface area (TPSA) is 68.3 Å². The number of hydrogen-bond acceptors (Lipinski definition) is 7. The van der Waals surface area contributed by atoms with Crippen LogP contribution < -0.4 is 0 Å². The summed E-state index contributed by atoms with van der Waals surface area (Å²) in [6.45, 7) is 2.14. The minimum absolute atomic E-state index is 0.0603. The van der Waals surface area contributed by atoms with Gasteiger partial charge in [-0.2, -0.15) is 0 Å². The standard InChI is InChI=1S/C25H30N2O5/c28-22-10-14-8-16-19(13-25(14,32-22)20-4-1-2-6-26(16)20)30-18-9-15-11-23(29)31-24(15)12-17(18)27-7-3-5-21(24)27/h10-11,16-21H,1-9,12-13H2/t16-,17-,18-,19+,20-,21+,24-,25+/m0/s1. The Labute approximate surface area is 187 Å². The molecule has 170 valence electrons. The van der Waals surface area contributed by atoms with Gasteiger partial charge in [-0.3, -0.25) is 9.80 Å². The van der Waals surface area contributed by atoms with Crippen LogP contribution in [0.25, 0.3) is 0 Å². The molecule has 0 radical (unpaired) electrons. The van der Waals surface area contributed by atoms with E-state index >= 15 is 0 Å². The number of ether oxygens (including phenoxy) is 3. The predicted molar refractivity (Wildman–Crippen MR) is 113 cm³/mol. The van der Waals surface area contributed by atoms with Gasteiger partial charge in [0.25, 0.3) is 0 Å². The van der Waals surface area contributed by atoms with Crippen molar-refractivity contribution in [3.8, 4) is 0 Å². The first kappa shape index (κ1) is 18.7. The Kier molecular flexibility index (Phi) is 3.53. The SMILES string of the molecule is O=C1C=C2C[C@H](O[C@@H]3C[C@@]45OC(=O)C=C4C[C@@H]3N3CCCC[C@H]35)[C@@H]3C[C@@]2(O1)[C@H]1CCCN31. The molecule has 7 nitrogen and oxygen atoms in total. The lowest BCUT2D eigenvalue weighted by molar-refractivity contribution is -0.208. The summed E-state index contributed by atoms with van der Waals surface area (Å²) in [6, 6.07) is 1.25. The number of esters is 2. The zero-order valence-corrected chi connectivity index (χ0v) is 18.3. The van der Waals surface area contributed by atoms with Crippen LogP contribution in [0.15, 0.2) is 23.3 Å². The second-order valence-electron chi connectivity index (χ2n) is 11.3. The molecule has 7 aliphatic heterocycles. The van der Waals surface area contributed by atoms with Crippen LogP contribution in [0.2, 0.25) is 0 Å². The van der Waals surface area contributed by atoms with Crippen LogP contribution in [0.4, 0.5) is 0 Å². The number of hydrogen-bond donors (Lipinski definition) is 0. The molecule has 0 aromatic rings. The second-order valence-corrected chi connectivity index (χ2v) is 11.3. The molecule has 0 unspecified atom stereocenters. The van der Waals surface area contributed by atoms with Gasteiger partial charge in [-0.25, -0.2) is 9.59 Å². The van der Waals surface area contributed by atoms with E-state index in [-0.39, 0.29) is 24.1 Å². The molecule has 7 heterocycles. The Hall–Kier alpha value is -1.70. The summed E-state index contributed by atoms with van der Waals surface area (Å²) in [5.74, 6) is -0.343. The lowest BCUT2D eigenvalue weighted by Crippen LogP contribution is -2.72. The lowest BCUT2D eigenvalue weighted by atomic mass is 9.64. The van der Waals surface area contributed by atoms with Crippen molar-refractivity contribution in [3.05, 3.63) is 23.3 Å². The first-order chi connectivity index (χ1) is 15.6. The maximum Gasteiger partial charge on any atom is 0.331 e. The summed E-state index contributed by atoms with van der Waals surface area (Å²) >= 11 is 0. The van der Waals surface area contributed by atoms with Gasteiger partial charge in [0.05, 0.1) is 24.3 Å². The highest BCUT2D eigenvalue weighted by atomic mass is 16.6. The first-order valence-corrected chi connectivity index (χ1v) is 12.6. The van der Waals surface area contributed by atoms with Gasteiger partial charge >= 0.3 is 11.9 Å². The van der Waals surface area contributed by atoms with Crippen molar-refractivity contribution in [1.29, 1.82) is 0 Å². The molecule has 9 aliphatic rings. The van der Waals surface area contributed by atoms with Gasteiger partial charge in [-0.05, 0) is 56.3 Å². The van der Waals surface area contributed by atoms with E-state index in [1.165, 1.54) is 18.4 Å². The summed E-state index contributed by atoms with van der Waals surface area (Å²) < 4.78 is 19.1. The number of fused-ring (bicyclic) bond motifs is 4. The predicted octanol–water partition coefficient (Wildman–Crippen LogP) is 1.86. The van der Waals surface area contributed by atoms with Gasteiger partial charge in [-0.15, -0.1) is 0 Å². The number of nitrogens with zero attached hydrogens (tertiary/aromatic N) is 2. The third-order valence-corrected chi connectivity index (χ3v) is 10.1. The maximum absolute atomic E-state index is 12.3. The molecule has 0 amide bonds. The van der Waals surface area contributed by atoms with E-state index < -0.39 is 11.2 Å². The van der Waals surface area contributed by atoms with Crippen LogP contribution in [-0.4, -0.2) is 82.4 Å². The Bertz CT molecular complexity index is 991. The zero-order valence-electron chi connectivity index (χ0n) is 18.3. The summed E-state index contributed by atoms with van der Waals surface area (Å²) in [4.78, 5) is 29.8. The molecule has 7 fully saturated rings. The van der Waals surface area contributed by atoms with Crippen LogP contribution in [-0.2, 0) is 23.8 Å². The highest BCUT2D eigenvalue weighted by molar-refractivity contribution is 5.88. The Balaban J connectivity index is 1.13. The van der Waals surface area contributed by atoms with E-state index in [4.69, 9.17) is 14.2 Å². The van der Waals surface area contributed by atoms with E-state index in [0.29, 0.717) is 24.2 Å². The fourth-order valence-corrected chi connectivity index (χ4v) is 9.01. The van der Waals surface area contributed by atoms with Crippen molar-refractivity contribution in [2.45, 2.75) is 105 Å². The van der Waals surface area contributed by atoms with Gasteiger partial charge in [0.2, 0.25) is 0 Å². The minimum Gasteiger partial charge on any atom is -0.450 e. The number of carbonyl (C=O) groups excluding carboxylic acids is 2. The molecule has 2 spiro atoms. The fourth-order valence-electron chi connectivity index (χ4n) is 9.01. The van der Waals surface area contributed by atoms with Crippen molar-refractivity contribution in [2.24, 2.45) is 0 Å². The van der Waals surface area contributed by atoms with Crippen LogP contribution in [0.5, 0.6) is 0 Å². The molecular weight excluding hydrogens is 408 g/mol. The Morgan fingerprint density at radius 2 is 1.44 bits per heavy atom. The molecule has 0 N–H and O–H groups in total. The monoisotopic (exact) mass is 438 g/mol. The van der Waals surface area contributed by atoms with Gasteiger partial charge in [0, 0.05) is 43.5 Å². The van der Waals surface area contributed by atoms with Crippen LogP contribution in [0.1, 0.15) is 57.8 Å². The highest BCUT2D eigenvalue weighted by Crippen LogP contribution is 2.58. The smallest absolute Gasteiger partial charge is 0.331 e. The second kappa shape index (κ2) is 6.05. The Morgan fingerprint density at radius 1 is 0.781 bits per heavy atom. The number of piperidine rings is 3. The summed E-state index contributed by atoms with van der Waals surface area (Å²) in [6.07, 6.45) is 12.7. The van der Waals surface area contributed by atoms with Gasteiger partial charge in [-0.1, -0.05) is 6.42 Å². The highest BCUT2D eigenvalue weighted by Gasteiger charge is 2.67. The fraction of sp³-hybridized carbons (Fsp3) is 0.760. The number of carbonyl (C=O) groups is 2. The molecule has 2 saturated carbocycles. The quantitative estimate of drug-likeness (QED) is 0.610. The minimum atomic E-state index is -0.479. The van der Waals surface area contributed by atoms with E-state index in [1.54, 1.807) is 12.2 Å². The Morgan fingerprint density at radius 3 is 2.25 bits per heavy atom. The molecule has 32 heavy (non-hydrogen) atoms. The largest absolute Gasteiger partial charge is 0.450 e. The lowest BCUT2D eigenvalue weighted by Gasteiger charge is -2.61. The average molecular weight is 439 g/mol. The first-order valence-electron chi connectivity index (χ1n) is 12.6. The third-order valence-electron chi connectivity index (χ3n) is 10.1. The summed E-state index contributed by atoms with van der Waals surface area (Å²) in [5.41, 5.74) is 1.49. The van der Waals surface area contributed by atoms with Crippen LogP contribution in [0.3, 0.4) is 0 Å². The molecule has 2 aliphatic carbocycles. The van der Waals surface area contributed by atoms with Gasteiger partial charge in [0.15, 0.2) is 11.2 Å². The summed E-state index contributed by atoms with van der Waals surface area (Å²) in [7, 11) is 0. The summed E-state index contributed by atoms with van der Waals surface area (Å²) in [5, 5.41) is 0. The average Bonchev–Trinajstić information content (AvgIpc) is 3.51. The number of rotatable bonds is 2. The van der Waals surface area contributed by atoms with Crippen molar-refractivity contribution < 1.29 is 23.8 Å². The normalized spacial score (nSPS) is 50.9. The van der Waals surface area contributed by atoms with Crippen LogP contribution in [0, 0.1) is 0 Å². The third kappa shape index (κ3) is 2.14. The molecule has 5 saturated heterocycles. The molecular formula is C25H30N2O5. The molecule has 0 aromatic carbocycles. The van der Waals surface area contributed by atoms with Crippen molar-refractivity contribution in [3.63, 3.8) is 0 Å². The van der Waals surface area contributed by atoms with Crippen molar-refractivity contribution >= 4 is 11.9 Å². The van der Waals surface area contributed by atoms with Gasteiger partial charge in [0.1, 0.15) is 0 Å². The van der Waals surface area contributed by atoms with E-state index in [9.17, 15) is 9.59 Å². The molecule has 4 bridgehead atoms. The van der Waals surface area contributed by atoms with E-state index in [1.807, 2.05) is 0 Å².